The van der Waals surface area contributed by atoms with Crippen molar-refractivity contribution in [2.45, 2.75) is 32.8 Å². The molecule has 0 unspecified atom stereocenters. The molecular weight excluding hydrogens is 390 g/mol. The minimum Gasteiger partial charge on any atom is -0.496 e. The van der Waals surface area contributed by atoms with Crippen LogP contribution in [0.4, 0.5) is 4.79 Å². The van der Waals surface area contributed by atoms with E-state index in [-0.39, 0.29) is 11.8 Å². The number of ether oxygens (including phenoxy) is 2. The highest BCUT2D eigenvalue weighted by molar-refractivity contribution is 7.13. The number of amides is 2. The second-order valence-corrected chi connectivity index (χ2v) is 8.88. The average Bonchev–Trinajstić information content (AvgIpc) is 3.34. The third-order valence-electron chi connectivity index (χ3n) is 4.57. The fourth-order valence-corrected chi connectivity index (χ4v) is 4.03. The maximum Gasteiger partial charge on any atom is 0.407 e. The number of nitrogens with zero attached hydrogens (tertiary/aromatic N) is 2. The predicted octanol–water partition coefficient (Wildman–Crippen LogP) is 3.81. The van der Waals surface area contributed by atoms with Crippen molar-refractivity contribution in [3.63, 3.8) is 0 Å². The fraction of sp³-hybridized carbons (Fsp3) is 0.476. The van der Waals surface area contributed by atoms with Gasteiger partial charge >= 0.3 is 6.09 Å². The van der Waals surface area contributed by atoms with Gasteiger partial charge in [0.15, 0.2) is 0 Å². The Morgan fingerprint density at radius 3 is 2.79 bits per heavy atom. The Hall–Kier alpha value is -2.61. The number of benzene rings is 1. The first-order chi connectivity index (χ1) is 13.8. The molecule has 1 aliphatic rings. The number of thiazole rings is 1. The van der Waals surface area contributed by atoms with Gasteiger partial charge in [0, 0.05) is 25.0 Å². The Balaban J connectivity index is 1.57. The van der Waals surface area contributed by atoms with Crippen molar-refractivity contribution in [3.8, 4) is 16.3 Å². The first-order valence-corrected chi connectivity index (χ1v) is 10.5. The molecule has 8 heteroatoms. The molecule has 0 aliphatic carbocycles. The maximum atomic E-state index is 12.8. The lowest BCUT2D eigenvalue weighted by atomic mass is 10.1. The topological polar surface area (TPSA) is 80.8 Å². The smallest absolute Gasteiger partial charge is 0.407 e. The SMILES string of the molecule is COc1ccccc1-c1nc(C(=O)N2CC[C@H](CNC(=O)OC(C)(C)C)C2)cs1. The summed E-state index contributed by atoms with van der Waals surface area (Å²) in [5, 5.41) is 5.34. The molecular formula is C21H27N3O4S. The highest BCUT2D eigenvalue weighted by Crippen LogP contribution is 2.32. The number of carbonyl (C=O) groups excluding carboxylic acids is 2. The minimum absolute atomic E-state index is 0.0813. The van der Waals surface area contributed by atoms with Gasteiger partial charge in [0.2, 0.25) is 0 Å². The van der Waals surface area contributed by atoms with Crippen LogP contribution in [0.3, 0.4) is 0 Å². The van der Waals surface area contributed by atoms with Crippen LogP contribution in [0.5, 0.6) is 5.75 Å². The zero-order valence-corrected chi connectivity index (χ0v) is 18.0. The zero-order chi connectivity index (χ0) is 21.0. The second-order valence-electron chi connectivity index (χ2n) is 8.03. The van der Waals surface area contributed by atoms with E-state index in [2.05, 4.69) is 10.3 Å². The Morgan fingerprint density at radius 1 is 1.31 bits per heavy atom. The molecule has 0 radical (unpaired) electrons. The lowest BCUT2D eigenvalue weighted by molar-refractivity contribution is 0.0520. The first-order valence-electron chi connectivity index (χ1n) is 9.62. The van der Waals surface area contributed by atoms with Crippen molar-refractivity contribution in [2.24, 2.45) is 5.92 Å². The molecule has 2 aromatic rings. The number of aromatic nitrogens is 1. The molecule has 1 fully saturated rings. The summed E-state index contributed by atoms with van der Waals surface area (Å²) in [6.45, 7) is 7.22. The molecule has 1 atom stereocenters. The zero-order valence-electron chi connectivity index (χ0n) is 17.2. The van der Waals surface area contributed by atoms with Gasteiger partial charge in [-0.2, -0.15) is 0 Å². The third-order valence-corrected chi connectivity index (χ3v) is 5.44. The lowest BCUT2D eigenvalue weighted by Crippen LogP contribution is -2.36. The van der Waals surface area contributed by atoms with Gasteiger partial charge in [-0.3, -0.25) is 4.79 Å². The molecule has 1 saturated heterocycles. The van der Waals surface area contributed by atoms with Gasteiger partial charge < -0.3 is 19.7 Å². The van der Waals surface area contributed by atoms with Gasteiger partial charge in [0.05, 0.1) is 12.7 Å². The summed E-state index contributed by atoms with van der Waals surface area (Å²) in [5.74, 6) is 0.858. The van der Waals surface area contributed by atoms with E-state index >= 15 is 0 Å². The van der Waals surface area contributed by atoms with E-state index in [1.807, 2.05) is 45.0 Å². The van der Waals surface area contributed by atoms with Crippen LogP contribution in [-0.2, 0) is 4.74 Å². The van der Waals surface area contributed by atoms with Crippen LogP contribution in [0.25, 0.3) is 10.6 Å². The second kappa shape index (κ2) is 8.82. The third kappa shape index (κ3) is 5.47. The molecule has 0 bridgehead atoms. The number of nitrogens with one attached hydrogen (secondary N) is 1. The van der Waals surface area contributed by atoms with Crippen molar-refractivity contribution in [1.29, 1.82) is 0 Å². The van der Waals surface area contributed by atoms with Crippen molar-refractivity contribution in [1.82, 2.24) is 15.2 Å². The van der Waals surface area contributed by atoms with E-state index in [1.165, 1.54) is 11.3 Å². The first kappa shape index (κ1) is 21.1. The number of rotatable bonds is 5. The number of carbonyl (C=O) groups is 2. The Kier molecular flexibility index (Phi) is 6.42. The normalized spacial score (nSPS) is 16.6. The van der Waals surface area contributed by atoms with Crippen molar-refractivity contribution >= 4 is 23.3 Å². The van der Waals surface area contributed by atoms with Crippen LogP contribution >= 0.6 is 11.3 Å². The largest absolute Gasteiger partial charge is 0.496 e. The molecule has 1 aliphatic heterocycles. The van der Waals surface area contributed by atoms with Gasteiger partial charge in [0.25, 0.3) is 5.91 Å². The highest BCUT2D eigenvalue weighted by Gasteiger charge is 2.29. The van der Waals surface area contributed by atoms with Gasteiger partial charge in [-0.05, 0) is 45.2 Å². The summed E-state index contributed by atoms with van der Waals surface area (Å²) in [7, 11) is 1.62. The van der Waals surface area contributed by atoms with Crippen LogP contribution in [0.15, 0.2) is 29.6 Å². The molecule has 2 amide bonds. The summed E-state index contributed by atoms with van der Waals surface area (Å²) in [5.41, 5.74) is 0.794. The average molecular weight is 418 g/mol. The van der Waals surface area contributed by atoms with Crippen LogP contribution in [0.1, 0.15) is 37.7 Å². The quantitative estimate of drug-likeness (QED) is 0.800. The van der Waals surface area contributed by atoms with Crippen molar-refractivity contribution in [2.75, 3.05) is 26.7 Å². The molecule has 3 rings (SSSR count). The van der Waals surface area contributed by atoms with Crippen LogP contribution in [-0.4, -0.2) is 54.2 Å². The summed E-state index contributed by atoms with van der Waals surface area (Å²) < 4.78 is 10.6. The predicted molar refractivity (Wildman–Crippen MR) is 112 cm³/mol. The molecule has 29 heavy (non-hydrogen) atoms. The highest BCUT2D eigenvalue weighted by atomic mass is 32.1. The molecule has 0 saturated carbocycles. The van der Waals surface area contributed by atoms with Gasteiger partial charge in [-0.15, -0.1) is 11.3 Å². The van der Waals surface area contributed by atoms with Crippen LogP contribution in [0.2, 0.25) is 0 Å². The summed E-state index contributed by atoms with van der Waals surface area (Å²) in [6.07, 6.45) is 0.411. The van der Waals surface area contributed by atoms with Crippen molar-refractivity contribution < 1.29 is 19.1 Å². The maximum absolute atomic E-state index is 12.8. The molecule has 1 N–H and O–H groups in total. The van der Waals surface area contributed by atoms with Gasteiger partial charge in [-0.25, -0.2) is 9.78 Å². The Bertz CT molecular complexity index is 875. The standard InChI is InChI=1S/C21H27N3O4S/c1-21(2,3)28-20(26)22-11-14-9-10-24(12-14)19(25)16-13-29-18(23-16)15-7-5-6-8-17(15)27-4/h5-8,13-14H,9-12H2,1-4H3,(H,22,26)/t14-/m1/s1. The Labute approximate surface area is 175 Å². The molecule has 1 aromatic heterocycles. The van der Waals surface area contributed by atoms with Crippen molar-refractivity contribution in [3.05, 3.63) is 35.3 Å². The summed E-state index contributed by atoms with van der Waals surface area (Å²) in [6, 6.07) is 7.63. The molecule has 0 spiro atoms. The fourth-order valence-electron chi connectivity index (χ4n) is 3.20. The molecule has 2 heterocycles. The number of alkyl carbamates (subject to hydrolysis) is 1. The number of para-hydroxylation sites is 1. The molecule has 7 nitrogen and oxygen atoms in total. The van der Waals surface area contributed by atoms with E-state index in [0.717, 1.165) is 22.7 Å². The monoisotopic (exact) mass is 417 g/mol. The molecule has 1 aromatic carbocycles. The number of hydrogen-bond donors (Lipinski definition) is 1. The summed E-state index contributed by atoms with van der Waals surface area (Å²) >= 11 is 1.43. The van der Waals surface area contributed by atoms with E-state index in [4.69, 9.17) is 9.47 Å². The van der Waals surface area contributed by atoms with E-state index < -0.39 is 11.7 Å². The van der Waals surface area contributed by atoms with E-state index in [1.54, 1.807) is 17.4 Å². The van der Waals surface area contributed by atoms with E-state index in [9.17, 15) is 9.59 Å². The summed E-state index contributed by atoms with van der Waals surface area (Å²) in [4.78, 5) is 31.0. The number of methoxy groups -OCH3 is 1. The Morgan fingerprint density at radius 2 is 2.07 bits per heavy atom. The van der Waals surface area contributed by atoms with Gasteiger partial charge in [-0.1, -0.05) is 12.1 Å². The lowest BCUT2D eigenvalue weighted by Gasteiger charge is -2.20. The van der Waals surface area contributed by atoms with Gasteiger partial charge in [0.1, 0.15) is 22.1 Å². The minimum atomic E-state index is -0.522. The molecule has 156 valence electrons. The van der Waals surface area contributed by atoms with Crippen LogP contribution in [0, 0.1) is 5.92 Å². The number of likely N-dealkylation sites (tertiary alicyclic amines) is 1. The van der Waals surface area contributed by atoms with E-state index in [0.29, 0.717) is 25.3 Å². The number of hydrogen-bond acceptors (Lipinski definition) is 6. The van der Waals surface area contributed by atoms with Crippen LogP contribution < -0.4 is 10.1 Å².